The third kappa shape index (κ3) is 5.20. The fourth-order valence-corrected chi connectivity index (χ4v) is 3.69. The van der Waals surface area contributed by atoms with Crippen LogP contribution in [0.1, 0.15) is 25.3 Å². The molecule has 3 rings (SSSR count). The van der Waals surface area contributed by atoms with E-state index >= 15 is 0 Å². The van der Waals surface area contributed by atoms with E-state index in [-0.39, 0.29) is 42.8 Å². The zero-order valence-electron chi connectivity index (χ0n) is 15.7. The van der Waals surface area contributed by atoms with Crippen molar-refractivity contribution in [2.75, 3.05) is 5.32 Å². The molecule has 0 spiro atoms. The first-order chi connectivity index (χ1) is 13.8. The number of amides is 3. The van der Waals surface area contributed by atoms with Crippen molar-refractivity contribution in [2.24, 2.45) is 0 Å². The van der Waals surface area contributed by atoms with Crippen molar-refractivity contribution in [1.82, 2.24) is 4.90 Å². The number of nitro groups is 1. The van der Waals surface area contributed by atoms with Gasteiger partial charge in [-0.2, -0.15) is 0 Å². The summed E-state index contributed by atoms with van der Waals surface area (Å²) < 4.78 is 0. The number of rotatable bonds is 7. The molecule has 8 nitrogen and oxygen atoms in total. The molecule has 2 aromatic rings. The summed E-state index contributed by atoms with van der Waals surface area (Å²) in [5.74, 6) is -0.528. The molecule has 1 heterocycles. The first kappa shape index (κ1) is 20.5. The molecule has 9 heteroatoms. The highest BCUT2D eigenvalue weighted by molar-refractivity contribution is 8.00. The molecule has 0 radical (unpaired) electrons. The molecule has 1 aliphatic heterocycles. The van der Waals surface area contributed by atoms with Crippen LogP contribution in [0.15, 0.2) is 53.4 Å². The fourth-order valence-electron chi connectivity index (χ4n) is 2.82. The van der Waals surface area contributed by atoms with Crippen LogP contribution >= 0.6 is 11.8 Å². The summed E-state index contributed by atoms with van der Waals surface area (Å²) in [6.45, 7) is 1.98. The lowest BCUT2D eigenvalue weighted by atomic mass is 10.2. The molecule has 0 bridgehead atoms. The number of carbonyl (C=O) groups is 3. The van der Waals surface area contributed by atoms with Crippen molar-refractivity contribution >= 4 is 40.9 Å². The Hall–Kier alpha value is -3.20. The van der Waals surface area contributed by atoms with E-state index in [1.54, 1.807) is 43.3 Å². The quantitative estimate of drug-likeness (QED) is 0.323. The molecule has 3 amide bonds. The van der Waals surface area contributed by atoms with Crippen LogP contribution < -0.4 is 5.32 Å². The standard InChI is InChI=1S/C20H19N3O5S/c1-13(29-17-8-6-16(7-9-17)23(27)28)20(26)21-15-4-2-14(3-5-15)12-22-18(24)10-11-19(22)25/h2-9,13H,10-12H2,1H3,(H,21,26). The summed E-state index contributed by atoms with van der Waals surface area (Å²) in [6, 6.07) is 13.0. The van der Waals surface area contributed by atoms with Crippen LogP contribution in [0.4, 0.5) is 11.4 Å². The second-order valence-corrected chi connectivity index (χ2v) is 7.99. The normalized spacial score (nSPS) is 14.7. The number of thioether (sulfide) groups is 1. The lowest BCUT2D eigenvalue weighted by molar-refractivity contribution is -0.384. The van der Waals surface area contributed by atoms with Gasteiger partial charge in [-0.1, -0.05) is 12.1 Å². The zero-order valence-corrected chi connectivity index (χ0v) is 16.5. The smallest absolute Gasteiger partial charge is 0.269 e. The molecule has 1 fully saturated rings. The van der Waals surface area contributed by atoms with E-state index < -0.39 is 10.2 Å². The summed E-state index contributed by atoms with van der Waals surface area (Å²) in [5.41, 5.74) is 1.41. The van der Waals surface area contributed by atoms with E-state index in [2.05, 4.69) is 5.32 Å². The van der Waals surface area contributed by atoms with Gasteiger partial charge in [-0.15, -0.1) is 11.8 Å². The number of benzene rings is 2. The summed E-state index contributed by atoms with van der Waals surface area (Å²) in [6.07, 6.45) is 0.522. The van der Waals surface area contributed by atoms with Crippen LogP contribution in [0, 0.1) is 10.1 Å². The van der Waals surface area contributed by atoms with Gasteiger partial charge in [-0.25, -0.2) is 0 Å². The van der Waals surface area contributed by atoms with Gasteiger partial charge in [-0.05, 0) is 36.8 Å². The van der Waals surface area contributed by atoms with Crippen molar-refractivity contribution in [1.29, 1.82) is 0 Å². The molecule has 29 heavy (non-hydrogen) atoms. The second-order valence-electron chi connectivity index (χ2n) is 6.57. The largest absolute Gasteiger partial charge is 0.325 e. The molecule has 0 aliphatic carbocycles. The zero-order chi connectivity index (χ0) is 21.0. The highest BCUT2D eigenvalue weighted by Gasteiger charge is 2.28. The van der Waals surface area contributed by atoms with Crippen molar-refractivity contribution in [2.45, 2.75) is 36.5 Å². The highest BCUT2D eigenvalue weighted by atomic mass is 32.2. The third-order valence-electron chi connectivity index (χ3n) is 4.45. The van der Waals surface area contributed by atoms with Crippen LogP contribution in [0.2, 0.25) is 0 Å². The molecule has 1 N–H and O–H groups in total. The predicted molar refractivity (Wildman–Crippen MR) is 108 cm³/mol. The molecule has 1 saturated heterocycles. The molecule has 1 atom stereocenters. The number of nitrogens with one attached hydrogen (secondary N) is 1. The minimum absolute atomic E-state index is 0.00359. The maximum atomic E-state index is 12.4. The monoisotopic (exact) mass is 413 g/mol. The van der Waals surface area contributed by atoms with Crippen LogP contribution in [0.5, 0.6) is 0 Å². The summed E-state index contributed by atoms with van der Waals surface area (Å²) in [4.78, 5) is 48.0. The van der Waals surface area contributed by atoms with Gasteiger partial charge < -0.3 is 5.32 Å². The number of likely N-dealkylation sites (tertiary alicyclic amines) is 1. The maximum absolute atomic E-state index is 12.4. The van der Waals surface area contributed by atoms with Gasteiger partial charge in [0.2, 0.25) is 17.7 Å². The minimum Gasteiger partial charge on any atom is -0.325 e. The number of hydrogen-bond acceptors (Lipinski definition) is 6. The van der Waals surface area contributed by atoms with Crippen molar-refractivity contribution in [3.63, 3.8) is 0 Å². The Labute approximate surface area is 171 Å². The predicted octanol–water partition coefficient (Wildman–Crippen LogP) is 3.36. The van der Waals surface area contributed by atoms with Crippen LogP contribution in [-0.4, -0.2) is 32.8 Å². The fraction of sp³-hybridized carbons (Fsp3) is 0.250. The van der Waals surface area contributed by atoms with E-state index in [0.717, 1.165) is 10.5 Å². The Morgan fingerprint density at radius 2 is 1.69 bits per heavy atom. The number of nitro benzene ring substituents is 1. The third-order valence-corrected chi connectivity index (χ3v) is 5.56. The Bertz CT molecular complexity index is 928. The summed E-state index contributed by atoms with van der Waals surface area (Å²) in [5, 5.41) is 13.1. The Kier molecular flexibility index (Phi) is 6.28. The van der Waals surface area contributed by atoms with Crippen LogP contribution in [0.25, 0.3) is 0 Å². The summed E-state index contributed by atoms with van der Waals surface area (Å²) >= 11 is 1.30. The Morgan fingerprint density at radius 1 is 1.10 bits per heavy atom. The van der Waals surface area contributed by atoms with Gasteiger partial charge >= 0.3 is 0 Å². The molecule has 150 valence electrons. The molecular weight excluding hydrogens is 394 g/mol. The van der Waals surface area contributed by atoms with Gasteiger partial charge in [0.05, 0.1) is 16.7 Å². The average molecular weight is 413 g/mol. The first-order valence-electron chi connectivity index (χ1n) is 8.97. The molecular formula is C20H19N3O5S. The van der Waals surface area contributed by atoms with E-state index in [1.807, 2.05) is 0 Å². The molecule has 0 saturated carbocycles. The number of carbonyl (C=O) groups excluding carboxylic acids is 3. The number of anilines is 1. The molecule has 2 aromatic carbocycles. The van der Waals surface area contributed by atoms with Crippen molar-refractivity contribution in [3.8, 4) is 0 Å². The Morgan fingerprint density at radius 3 is 2.24 bits per heavy atom. The lowest BCUT2D eigenvalue weighted by Gasteiger charge is -2.15. The van der Waals surface area contributed by atoms with E-state index in [9.17, 15) is 24.5 Å². The number of non-ortho nitro benzene ring substituents is 1. The van der Waals surface area contributed by atoms with Crippen molar-refractivity contribution in [3.05, 3.63) is 64.2 Å². The van der Waals surface area contributed by atoms with Crippen molar-refractivity contribution < 1.29 is 19.3 Å². The maximum Gasteiger partial charge on any atom is 0.269 e. The topological polar surface area (TPSA) is 110 Å². The van der Waals surface area contributed by atoms with E-state index in [4.69, 9.17) is 0 Å². The highest BCUT2D eigenvalue weighted by Crippen LogP contribution is 2.26. The minimum atomic E-state index is -0.468. The average Bonchev–Trinajstić information content (AvgIpc) is 3.01. The van der Waals surface area contributed by atoms with Gasteiger partial charge in [0, 0.05) is 35.6 Å². The molecule has 1 aliphatic rings. The van der Waals surface area contributed by atoms with Crippen LogP contribution in [-0.2, 0) is 20.9 Å². The number of hydrogen-bond donors (Lipinski definition) is 1. The number of imide groups is 1. The second kappa shape index (κ2) is 8.87. The van der Waals surface area contributed by atoms with E-state index in [1.165, 1.54) is 28.8 Å². The van der Waals surface area contributed by atoms with Gasteiger partial charge in [0.25, 0.3) is 5.69 Å². The van der Waals surface area contributed by atoms with Gasteiger partial charge in [0.15, 0.2) is 0 Å². The van der Waals surface area contributed by atoms with Crippen LogP contribution in [0.3, 0.4) is 0 Å². The number of nitrogens with zero attached hydrogens (tertiary/aromatic N) is 2. The lowest BCUT2D eigenvalue weighted by Crippen LogP contribution is -2.28. The first-order valence-corrected chi connectivity index (χ1v) is 9.85. The van der Waals surface area contributed by atoms with Gasteiger partial charge in [-0.3, -0.25) is 29.4 Å². The Balaban J connectivity index is 1.55. The molecule has 1 unspecified atom stereocenters. The SMILES string of the molecule is CC(Sc1ccc([N+](=O)[O-])cc1)C(=O)Nc1ccc(CN2C(=O)CCC2=O)cc1. The molecule has 0 aromatic heterocycles. The van der Waals surface area contributed by atoms with Gasteiger partial charge in [0.1, 0.15) is 0 Å². The van der Waals surface area contributed by atoms with E-state index in [0.29, 0.717) is 5.69 Å². The summed E-state index contributed by atoms with van der Waals surface area (Å²) in [7, 11) is 0.